The number of benzene rings is 2. The summed E-state index contributed by atoms with van der Waals surface area (Å²) in [7, 11) is 0. The summed E-state index contributed by atoms with van der Waals surface area (Å²) >= 11 is 0. The number of aliphatic hydroxyl groups is 1. The van der Waals surface area contributed by atoms with Crippen LogP contribution in [0.3, 0.4) is 0 Å². The topological polar surface area (TPSA) is 35.9 Å². The van der Waals surface area contributed by atoms with E-state index in [1.165, 1.54) is 37.1 Å². The van der Waals surface area contributed by atoms with Gasteiger partial charge in [0, 0.05) is 36.7 Å². The fraction of sp³-hybridized carbons (Fsp3) is 0.500. The second kappa shape index (κ2) is 7.86. The summed E-state index contributed by atoms with van der Waals surface area (Å²) in [5, 5.41) is 9.15. The fourth-order valence-corrected chi connectivity index (χ4v) is 5.87. The van der Waals surface area contributed by atoms with Gasteiger partial charge in [-0.1, -0.05) is 48.5 Å². The molecule has 148 valence electrons. The number of hydrogen-bond donors (Lipinski definition) is 1. The first-order valence-electron chi connectivity index (χ1n) is 10.7. The third-order valence-electron chi connectivity index (χ3n) is 7.02. The van der Waals surface area contributed by atoms with Crippen LogP contribution in [-0.4, -0.2) is 59.8 Å². The number of aliphatic hydroxyl groups excluding tert-OH is 1. The summed E-state index contributed by atoms with van der Waals surface area (Å²) in [5.74, 6) is 2.31. The molecule has 4 aliphatic heterocycles. The van der Waals surface area contributed by atoms with E-state index in [1.807, 2.05) is 12.1 Å². The number of nitrogens with zero attached hydrogens (tertiary/aromatic N) is 2. The van der Waals surface area contributed by atoms with Crippen molar-refractivity contribution in [2.75, 3.05) is 32.8 Å². The van der Waals surface area contributed by atoms with Gasteiger partial charge in [-0.2, -0.15) is 0 Å². The summed E-state index contributed by atoms with van der Waals surface area (Å²) in [4.78, 5) is 5.48. The molecule has 2 bridgehead atoms. The van der Waals surface area contributed by atoms with E-state index in [0.29, 0.717) is 24.6 Å². The lowest BCUT2D eigenvalue weighted by Gasteiger charge is -2.51. The minimum atomic E-state index is 0.0515. The van der Waals surface area contributed by atoms with Gasteiger partial charge in [-0.05, 0) is 43.5 Å². The van der Waals surface area contributed by atoms with Crippen LogP contribution in [0.2, 0.25) is 0 Å². The van der Waals surface area contributed by atoms with Crippen LogP contribution in [0.5, 0.6) is 5.75 Å². The molecule has 0 radical (unpaired) electrons. The third kappa shape index (κ3) is 3.24. The Morgan fingerprint density at radius 2 is 1.68 bits per heavy atom. The van der Waals surface area contributed by atoms with E-state index in [0.717, 1.165) is 24.8 Å². The Labute approximate surface area is 167 Å². The molecule has 1 N–H and O–H groups in total. The van der Waals surface area contributed by atoms with Gasteiger partial charge in [-0.3, -0.25) is 9.80 Å². The molecular formula is C24H30N2O2. The number of piperidine rings is 3. The molecule has 0 amide bonds. The molecule has 0 aromatic heterocycles. The third-order valence-corrected chi connectivity index (χ3v) is 7.02. The van der Waals surface area contributed by atoms with Crippen molar-refractivity contribution in [3.63, 3.8) is 0 Å². The molecule has 4 heteroatoms. The largest absolute Gasteiger partial charge is 0.491 e. The van der Waals surface area contributed by atoms with Crippen LogP contribution < -0.4 is 4.74 Å². The summed E-state index contributed by atoms with van der Waals surface area (Å²) in [5.41, 5.74) is 2.72. The molecule has 4 fully saturated rings. The normalized spacial score (nSPS) is 31.7. The molecule has 6 rings (SSSR count). The van der Waals surface area contributed by atoms with E-state index in [2.05, 4.69) is 52.3 Å². The number of rotatable bonds is 6. The zero-order chi connectivity index (χ0) is 18.9. The van der Waals surface area contributed by atoms with Gasteiger partial charge in [-0.15, -0.1) is 0 Å². The lowest BCUT2D eigenvalue weighted by atomic mass is 9.75. The number of fused-ring (bicyclic) bond motifs is 2. The molecule has 4 nitrogen and oxygen atoms in total. The molecule has 2 aromatic carbocycles. The molecule has 4 saturated heterocycles. The Balaban J connectivity index is 1.44. The van der Waals surface area contributed by atoms with Crippen LogP contribution in [0.4, 0.5) is 0 Å². The number of hydrogen-bond acceptors (Lipinski definition) is 4. The highest BCUT2D eigenvalue weighted by molar-refractivity contribution is 5.34. The van der Waals surface area contributed by atoms with Crippen LogP contribution in [0.25, 0.3) is 0 Å². The first-order chi connectivity index (χ1) is 13.8. The molecule has 4 aliphatic rings. The molecule has 0 unspecified atom stereocenters. The standard InChI is InChI=1S/C24H30N2O2/c27-14-15-28-22-9-5-4-8-20(22)16-26-17-21(18-6-2-1-3-7-18)24-23(26)19-10-12-25(24)13-11-19/h1-9,19,21,23-24,27H,10-17H2/t21-,23+,24+/m0/s1. The number of ether oxygens (including phenoxy) is 1. The average Bonchev–Trinajstić information content (AvgIpc) is 3.16. The van der Waals surface area contributed by atoms with Gasteiger partial charge in [0.15, 0.2) is 0 Å². The molecule has 0 saturated carbocycles. The van der Waals surface area contributed by atoms with Crippen molar-refractivity contribution in [3.8, 4) is 5.75 Å². The summed E-state index contributed by atoms with van der Waals surface area (Å²) in [6.07, 6.45) is 2.67. The van der Waals surface area contributed by atoms with Gasteiger partial charge in [0.1, 0.15) is 12.4 Å². The first-order valence-corrected chi connectivity index (χ1v) is 10.7. The number of para-hydroxylation sites is 1. The van der Waals surface area contributed by atoms with Crippen LogP contribution >= 0.6 is 0 Å². The predicted octanol–water partition coefficient (Wildman–Crippen LogP) is 3.12. The van der Waals surface area contributed by atoms with Crippen molar-refractivity contribution in [3.05, 3.63) is 65.7 Å². The zero-order valence-corrected chi connectivity index (χ0v) is 16.4. The fourth-order valence-electron chi connectivity index (χ4n) is 5.87. The first kappa shape index (κ1) is 18.2. The second-order valence-electron chi connectivity index (χ2n) is 8.48. The SMILES string of the molecule is OCCOc1ccccc1CN1C[C@@H](c2ccccc2)[C@@H]2[C@H]1C1CCN2CC1. The maximum Gasteiger partial charge on any atom is 0.123 e. The Bertz CT molecular complexity index is 788. The molecular weight excluding hydrogens is 348 g/mol. The highest BCUT2D eigenvalue weighted by Crippen LogP contribution is 2.47. The molecule has 3 atom stereocenters. The summed E-state index contributed by atoms with van der Waals surface area (Å²) < 4.78 is 5.82. The van der Waals surface area contributed by atoms with Crippen molar-refractivity contribution in [2.45, 2.75) is 37.4 Å². The molecule has 28 heavy (non-hydrogen) atoms. The van der Waals surface area contributed by atoms with E-state index in [1.54, 1.807) is 0 Å². The lowest BCUT2D eigenvalue weighted by molar-refractivity contribution is -0.00888. The van der Waals surface area contributed by atoms with Gasteiger partial charge >= 0.3 is 0 Å². The van der Waals surface area contributed by atoms with Gasteiger partial charge in [0.25, 0.3) is 0 Å². The van der Waals surface area contributed by atoms with E-state index < -0.39 is 0 Å². The van der Waals surface area contributed by atoms with Crippen molar-refractivity contribution in [1.29, 1.82) is 0 Å². The van der Waals surface area contributed by atoms with Gasteiger partial charge in [0.05, 0.1) is 6.61 Å². The van der Waals surface area contributed by atoms with Gasteiger partial charge in [-0.25, -0.2) is 0 Å². The lowest BCUT2D eigenvalue weighted by Crippen LogP contribution is -2.59. The van der Waals surface area contributed by atoms with Gasteiger partial charge in [0.2, 0.25) is 0 Å². The van der Waals surface area contributed by atoms with E-state index in [4.69, 9.17) is 9.84 Å². The van der Waals surface area contributed by atoms with E-state index >= 15 is 0 Å². The summed E-state index contributed by atoms with van der Waals surface area (Å²) in [6.45, 7) is 4.97. The number of likely N-dealkylation sites (tertiary alicyclic amines) is 1. The van der Waals surface area contributed by atoms with Crippen molar-refractivity contribution >= 4 is 0 Å². The quantitative estimate of drug-likeness (QED) is 0.838. The minimum absolute atomic E-state index is 0.0515. The van der Waals surface area contributed by atoms with Crippen molar-refractivity contribution in [1.82, 2.24) is 9.80 Å². The van der Waals surface area contributed by atoms with Gasteiger partial charge < -0.3 is 9.84 Å². The van der Waals surface area contributed by atoms with Crippen LogP contribution in [0, 0.1) is 5.92 Å². The maximum atomic E-state index is 9.15. The van der Waals surface area contributed by atoms with Crippen LogP contribution in [-0.2, 0) is 6.54 Å². The summed E-state index contributed by atoms with van der Waals surface area (Å²) in [6, 6.07) is 20.7. The Morgan fingerprint density at radius 1 is 0.929 bits per heavy atom. The molecule has 2 aromatic rings. The predicted molar refractivity (Wildman–Crippen MR) is 110 cm³/mol. The Kier molecular flexibility index (Phi) is 5.10. The molecule has 0 spiro atoms. The highest BCUT2D eigenvalue weighted by atomic mass is 16.5. The van der Waals surface area contributed by atoms with Crippen molar-refractivity contribution in [2.24, 2.45) is 5.92 Å². The smallest absolute Gasteiger partial charge is 0.123 e. The van der Waals surface area contributed by atoms with Crippen LogP contribution in [0.1, 0.15) is 29.9 Å². The Hall–Kier alpha value is -1.88. The van der Waals surface area contributed by atoms with Crippen molar-refractivity contribution < 1.29 is 9.84 Å². The van der Waals surface area contributed by atoms with E-state index in [-0.39, 0.29) is 6.61 Å². The maximum absolute atomic E-state index is 9.15. The average molecular weight is 379 g/mol. The van der Waals surface area contributed by atoms with Crippen LogP contribution in [0.15, 0.2) is 54.6 Å². The highest BCUT2D eigenvalue weighted by Gasteiger charge is 2.53. The van der Waals surface area contributed by atoms with E-state index in [9.17, 15) is 0 Å². The molecule has 0 aliphatic carbocycles. The Morgan fingerprint density at radius 3 is 2.46 bits per heavy atom. The minimum Gasteiger partial charge on any atom is -0.491 e. The zero-order valence-electron chi connectivity index (χ0n) is 16.4. The molecule has 4 heterocycles. The second-order valence-corrected chi connectivity index (χ2v) is 8.48. The monoisotopic (exact) mass is 378 g/mol.